The van der Waals surface area contributed by atoms with Crippen LogP contribution in [0.1, 0.15) is 115 Å². The molecule has 1 aromatic carbocycles. The number of esters is 1. The Morgan fingerprint density at radius 3 is 2.17 bits per heavy atom. The smallest absolute Gasteiger partial charge is 0.309 e. The average molecular weight is 758 g/mol. The van der Waals surface area contributed by atoms with Crippen LogP contribution in [0.4, 0.5) is 0 Å². The molecule has 0 aliphatic carbocycles. The van der Waals surface area contributed by atoms with E-state index in [1.54, 1.807) is 38.1 Å². The number of aromatic nitrogens is 1. The number of hydrogen-bond acceptors (Lipinski definition) is 9. The number of nitrogens with one attached hydrogen (secondary N) is 2. The Morgan fingerprint density at radius 2 is 1.60 bits per heavy atom. The first kappa shape index (κ1) is 45.3. The summed E-state index contributed by atoms with van der Waals surface area (Å²) in [5, 5.41) is 17.6. The fourth-order valence-corrected chi connectivity index (χ4v) is 6.87. The third-order valence-corrected chi connectivity index (χ3v) is 10.6. The van der Waals surface area contributed by atoms with Crippen LogP contribution in [-0.2, 0) is 30.3 Å². The van der Waals surface area contributed by atoms with E-state index in [1.165, 1.54) is 11.3 Å². The number of ether oxygens (including phenoxy) is 1. The third-order valence-electron chi connectivity index (χ3n) is 9.65. The monoisotopic (exact) mass is 757 g/mol. The van der Waals surface area contributed by atoms with Crippen LogP contribution in [0.15, 0.2) is 35.7 Å². The Morgan fingerprint density at radius 1 is 0.943 bits per heavy atom. The molecule has 0 radical (unpaired) electrons. The highest BCUT2D eigenvalue weighted by atomic mass is 32.1. The van der Waals surface area contributed by atoms with Gasteiger partial charge in [0.2, 0.25) is 11.8 Å². The number of thiazole rings is 1. The molecule has 13 heteroatoms. The van der Waals surface area contributed by atoms with Gasteiger partial charge in [0.1, 0.15) is 16.7 Å². The SMILES string of the molecule is CCCCN(C)CC(=O)N[C@H](C(=O)N(C)[C@H](C[C@@H](OC(=O)C(C)C)c1nc(C(=O)N[C@@H](Cc2ccccc2)C[C@H](C)C(=O)O)cs1)C(C)C)[C@@H](C)CC. The third kappa shape index (κ3) is 14.8. The highest BCUT2D eigenvalue weighted by Gasteiger charge is 2.36. The Bertz CT molecular complexity index is 1470. The zero-order chi connectivity index (χ0) is 39.8. The van der Waals surface area contributed by atoms with Crippen LogP contribution in [0, 0.1) is 23.7 Å². The number of rotatable bonds is 23. The van der Waals surface area contributed by atoms with E-state index in [2.05, 4.69) is 22.5 Å². The zero-order valence-corrected chi connectivity index (χ0v) is 34.2. The summed E-state index contributed by atoms with van der Waals surface area (Å²) in [5.41, 5.74) is 1.09. The van der Waals surface area contributed by atoms with Gasteiger partial charge in [0, 0.05) is 30.9 Å². The second-order valence-electron chi connectivity index (χ2n) is 15.0. The molecule has 3 amide bonds. The number of carbonyl (C=O) groups excluding carboxylic acids is 4. The predicted molar refractivity (Wildman–Crippen MR) is 208 cm³/mol. The molecular formula is C40H63N5O7S. The predicted octanol–water partition coefficient (Wildman–Crippen LogP) is 5.97. The molecule has 0 bridgehead atoms. The van der Waals surface area contributed by atoms with Gasteiger partial charge < -0.3 is 25.4 Å². The second-order valence-corrected chi connectivity index (χ2v) is 15.9. The average Bonchev–Trinajstić information content (AvgIpc) is 3.61. The van der Waals surface area contributed by atoms with E-state index in [0.717, 1.165) is 24.9 Å². The molecule has 1 aromatic heterocycles. The molecule has 12 nitrogen and oxygen atoms in total. The maximum Gasteiger partial charge on any atom is 0.309 e. The highest BCUT2D eigenvalue weighted by Crippen LogP contribution is 2.31. The molecule has 1 heterocycles. The van der Waals surface area contributed by atoms with Crippen LogP contribution in [0.2, 0.25) is 0 Å². The van der Waals surface area contributed by atoms with Crippen molar-refractivity contribution < 1.29 is 33.8 Å². The van der Waals surface area contributed by atoms with Gasteiger partial charge >= 0.3 is 11.9 Å². The number of carboxylic acid groups (broad SMARTS) is 1. The standard InChI is InChI=1S/C40H63N5O7S/c1-11-13-19-44(9)23-34(46)43-35(27(7)12-2)38(48)45(10)32(25(3)4)22-33(52-40(51)26(5)6)37-42-31(24-53-37)36(47)41-30(20-28(8)39(49)50)21-29-17-15-14-16-18-29/h14-18,24-28,30,32-33,35H,11-13,19-23H2,1-10H3,(H,41,47)(H,43,46)(H,49,50)/t27-,28-,30+,32+,33+,35-/m0/s1. The maximum absolute atomic E-state index is 14.2. The molecule has 0 spiro atoms. The Hall–Kier alpha value is -3.84. The highest BCUT2D eigenvalue weighted by molar-refractivity contribution is 7.09. The van der Waals surface area contributed by atoms with E-state index in [9.17, 15) is 29.1 Å². The number of hydrogen-bond donors (Lipinski definition) is 3. The Labute approximate surface area is 320 Å². The van der Waals surface area contributed by atoms with E-state index < -0.39 is 53.9 Å². The molecule has 53 heavy (non-hydrogen) atoms. The first-order chi connectivity index (χ1) is 25.0. The normalized spacial score (nSPS) is 15.0. The minimum Gasteiger partial charge on any atom is -0.481 e. The van der Waals surface area contributed by atoms with E-state index in [0.29, 0.717) is 17.8 Å². The van der Waals surface area contributed by atoms with E-state index >= 15 is 0 Å². The lowest BCUT2D eigenvalue weighted by atomic mass is 9.93. The molecule has 6 atom stereocenters. The number of nitrogens with zero attached hydrogens (tertiary/aromatic N) is 3. The van der Waals surface area contributed by atoms with Crippen LogP contribution in [-0.4, -0.2) is 94.9 Å². The van der Waals surface area contributed by atoms with Crippen molar-refractivity contribution in [1.29, 1.82) is 0 Å². The van der Waals surface area contributed by atoms with Gasteiger partial charge in [0.25, 0.3) is 5.91 Å². The van der Waals surface area contributed by atoms with Crippen LogP contribution in [0.3, 0.4) is 0 Å². The molecule has 0 aliphatic heterocycles. The van der Waals surface area contributed by atoms with E-state index in [4.69, 9.17) is 4.74 Å². The molecule has 0 unspecified atom stereocenters. The lowest BCUT2D eigenvalue weighted by Crippen LogP contribution is -2.55. The largest absolute Gasteiger partial charge is 0.481 e. The van der Waals surface area contributed by atoms with Gasteiger partial charge in [-0.15, -0.1) is 11.3 Å². The Kier molecular flexibility index (Phi) is 19.1. The van der Waals surface area contributed by atoms with Crippen LogP contribution in [0.25, 0.3) is 0 Å². The van der Waals surface area contributed by atoms with Crippen LogP contribution < -0.4 is 10.6 Å². The van der Waals surface area contributed by atoms with E-state index in [-0.39, 0.29) is 48.7 Å². The van der Waals surface area contributed by atoms with Gasteiger partial charge in [-0.3, -0.25) is 28.9 Å². The summed E-state index contributed by atoms with van der Waals surface area (Å²) in [6, 6.07) is 7.93. The number of aliphatic carboxylic acids is 1. The first-order valence-electron chi connectivity index (χ1n) is 19.0. The van der Waals surface area contributed by atoms with E-state index in [1.807, 2.05) is 70.0 Å². The van der Waals surface area contributed by atoms with Crippen molar-refractivity contribution in [2.75, 3.05) is 27.2 Å². The van der Waals surface area contributed by atoms with Crippen molar-refractivity contribution in [3.63, 3.8) is 0 Å². The molecule has 2 rings (SSSR count). The number of unbranched alkanes of at least 4 members (excludes halogenated alkanes) is 1. The van der Waals surface area contributed by atoms with Gasteiger partial charge in [0.05, 0.1) is 18.4 Å². The lowest BCUT2D eigenvalue weighted by molar-refractivity contribution is -0.155. The van der Waals surface area contributed by atoms with Gasteiger partial charge in [-0.05, 0) is 50.3 Å². The van der Waals surface area contributed by atoms with Gasteiger partial charge in [-0.1, -0.05) is 98.6 Å². The van der Waals surface area contributed by atoms with Crippen molar-refractivity contribution in [1.82, 2.24) is 25.4 Å². The molecule has 296 valence electrons. The number of carboxylic acids is 1. The first-order valence-corrected chi connectivity index (χ1v) is 19.8. The van der Waals surface area contributed by atoms with Gasteiger partial charge in [-0.2, -0.15) is 0 Å². The maximum atomic E-state index is 14.2. The summed E-state index contributed by atoms with van der Waals surface area (Å²) < 4.78 is 6.01. The minimum atomic E-state index is -0.945. The van der Waals surface area contributed by atoms with Gasteiger partial charge in [-0.25, -0.2) is 4.98 Å². The molecule has 0 fully saturated rings. The Balaban J connectivity index is 2.35. The number of likely N-dealkylation sites (N-methyl/N-ethyl adjacent to an activating group) is 2. The summed E-state index contributed by atoms with van der Waals surface area (Å²) in [4.78, 5) is 73.7. The summed E-state index contributed by atoms with van der Waals surface area (Å²) in [7, 11) is 3.61. The summed E-state index contributed by atoms with van der Waals surface area (Å²) in [6.45, 7) is 16.1. The van der Waals surface area contributed by atoms with Crippen molar-refractivity contribution in [2.24, 2.45) is 23.7 Å². The topological polar surface area (TPSA) is 158 Å². The number of carbonyl (C=O) groups is 5. The number of benzene rings is 1. The second kappa shape index (κ2) is 22.4. The molecule has 0 saturated heterocycles. The molecule has 3 N–H and O–H groups in total. The lowest BCUT2D eigenvalue weighted by Gasteiger charge is -2.37. The van der Waals surface area contributed by atoms with Crippen LogP contribution in [0.5, 0.6) is 0 Å². The molecule has 2 aromatic rings. The molecule has 0 saturated carbocycles. The quantitative estimate of drug-likeness (QED) is 0.116. The van der Waals surface area contributed by atoms with Crippen molar-refractivity contribution in [3.8, 4) is 0 Å². The number of amides is 3. The summed E-state index contributed by atoms with van der Waals surface area (Å²) >= 11 is 1.19. The zero-order valence-electron chi connectivity index (χ0n) is 33.4. The molecule has 0 aliphatic rings. The fraction of sp³-hybridized carbons (Fsp3) is 0.650. The molecular weight excluding hydrogens is 695 g/mol. The van der Waals surface area contributed by atoms with Gasteiger partial charge in [0.15, 0.2) is 6.10 Å². The van der Waals surface area contributed by atoms with Crippen molar-refractivity contribution >= 4 is 41.0 Å². The van der Waals surface area contributed by atoms with Crippen molar-refractivity contribution in [2.45, 2.75) is 118 Å². The summed E-state index contributed by atoms with van der Waals surface area (Å²) in [6.07, 6.45) is 2.72. The fourth-order valence-electron chi connectivity index (χ4n) is 6.03. The van der Waals surface area contributed by atoms with Crippen molar-refractivity contribution in [3.05, 3.63) is 52.0 Å². The summed E-state index contributed by atoms with van der Waals surface area (Å²) in [5.74, 6) is -3.56. The van der Waals surface area contributed by atoms with Crippen LogP contribution >= 0.6 is 11.3 Å². The minimum absolute atomic E-state index is 0.0598.